The van der Waals surface area contributed by atoms with Crippen molar-refractivity contribution in [3.05, 3.63) is 34.3 Å². The molecule has 0 saturated heterocycles. The molecule has 3 heterocycles. The Bertz CT molecular complexity index is 635. The van der Waals surface area contributed by atoms with E-state index < -0.39 is 0 Å². The molecule has 0 bridgehead atoms. The fraction of sp³-hybridized carbons (Fsp3) is 0.647. The van der Waals surface area contributed by atoms with Gasteiger partial charge >= 0.3 is 0 Å². The first-order valence-corrected chi connectivity index (χ1v) is 9.43. The second-order valence-corrected chi connectivity index (χ2v) is 7.60. The van der Waals surface area contributed by atoms with E-state index in [1.807, 2.05) is 11.6 Å². The third-order valence-electron chi connectivity index (χ3n) is 4.71. The van der Waals surface area contributed by atoms with E-state index in [9.17, 15) is 0 Å². The van der Waals surface area contributed by atoms with Crippen molar-refractivity contribution >= 4 is 11.3 Å². The van der Waals surface area contributed by atoms with Crippen LogP contribution in [0.15, 0.2) is 17.9 Å². The van der Waals surface area contributed by atoms with Gasteiger partial charge in [-0.15, -0.1) is 11.3 Å². The van der Waals surface area contributed by atoms with Gasteiger partial charge in [-0.2, -0.15) is 0 Å². The van der Waals surface area contributed by atoms with Crippen molar-refractivity contribution in [2.45, 2.75) is 45.3 Å². The van der Waals surface area contributed by atoms with Crippen molar-refractivity contribution in [2.75, 3.05) is 19.8 Å². The molecule has 5 nitrogen and oxygen atoms in total. The summed E-state index contributed by atoms with van der Waals surface area (Å²) in [5.41, 5.74) is 2.65. The molecule has 0 amide bonds. The van der Waals surface area contributed by atoms with E-state index in [0.717, 1.165) is 45.3 Å². The third-order valence-corrected chi connectivity index (χ3v) is 5.48. The Labute approximate surface area is 141 Å². The maximum Gasteiger partial charge on any atom is 0.107 e. The lowest BCUT2D eigenvalue weighted by molar-refractivity contribution is 0.102. The molecule has 1 aliphatic carbocycles. The van der Waals surface area contributed by atoms with Crippen LogP contribution in [0.4, 0.5) is 0 Å². The average molecular weight is 332 g/mol. The molecule has 1 aliphatic heterocycles. The smallest absolute Gasteiger partial charge is 0.107 e. The van der Waals surface area contributed by atoms with Crippen LogP contribution in [0.2, 0.25) is 0 Å². The van der Waals surface area contributed by atoms with Crippen LogP contribution in [0.25, 0.3) is 0 Å². The van der Waals surface area contributed by atoms with E-state index in [2.05, 4.69) is 27.7 Å². The van der Waals surface area contributed by atoms with Crippen LogP contribution in [0.5, 0.6) is 0 Å². The van der Waals surface area contributed by atoms with Crippen LogP contribution in [-0.4, -0.2) is 39.2 Å². The zero-order valence-corrected chi connectivity index (χ0v) is 14.5. The van der Waals surface area contributed by atoms with Gasteiger partial charge in [0.1, 0.15) is 5.01 Å². The molecule has 6 heteroatoms. The molecular formula is C17H24N4OS. The predicted molar refractivity (Wildman–Crippen MR) is 90.4 cm³/mol. The van der Waals surface area contributed by atoms with Gasteiger partial charge in [0, 0.05) is 49.4 Å². The molecule has 0 N–H and O–H groups in total. The van der Waals surface area contributed by atoms with Crippen LogP contribution in [0, 0.1) is 5.92 Å². The number of rotatable bonds is 7. The summed E-state index contributed by atoms with van der Waals surface area (Å²) in [5, 5.41) is 3.23. The summed E-state index contributed by atoms with van der Waals surface area (Å²) in [5.74, 6) is 1.29. The van der Waals surface area contributed by atoms with Crippen molar-refractivity contribution in [3.63, 3.8) is 0 Å². The SMILES string of the molecule is CCOC[C@H]1CN(Cc2nccs2)Cc2ncn(CC3CC3)c21. The Morgan fingerprint density at radius 2 is 2.26 bits per heavy atom. The Morgan fingerprint density at radius 1 is 1.35 bits per heavy atom. The van der Waals surface area contributed by atoms with Gasteiger partial charge in [0.05, 0.1) is 25.2 Å². The highest BCUT2D eigenvalue weighted by molar-refractivity contribution is 7.09. The molecule has 0 unspecified atom stereocenters. The minimum atomic E-state index is 0.417. The van der Waals surface area contributed by atoms with Gasteiger partial charge in [-0.3, -0.25) is 4.90 Å². The summed E-state index contributed by atoms with van der Waals surface area (Å²) >= 11 is 1.73. The first-order chi connectivity index (χ1) is 11.3. The molecule has 4 rings (SSSR count). The van der Waals surface area contributed by atoms with Crippen LogP contribution in [-0.2, 0) is 24.4 Å². The lowest BCUT2D eigenvalue weighted by atomic mass is 9.98. The minimum Gasteiger partial charge on any atom is -0.381 e. The second kappa shape index (κ2) is 6.71. The number of nitrogens with zero attached hydrogens (tertiary/aromatic N) is 4. The van der Waals surface area contributed by atoms with Gasteiger partial charge in [0.15, 0.2) is 0 Å². The summed E-state index contributed by atoms with van der Waals surface area (Å²) in [6.07, 6.45) is 6.69. The van der Waals surface area contributed by atoms with Gasteiger partial charge < -0.3 is 9.30 Å². The molecule has 0 aromatic carbocycles. The molecular weight excluding hydrogens is 308 g/mol. The standard InChI is InChI=1S/C17H24N4OS/c1-2-22-11-14-8-20(10-16-18-5-6-23-16)9-15-17(14)21(12-19-15)7-13-3-4-13/h5-6,12-14H,2-4,7-11H2,1H3/t14-/m1/s1. The summed E-state index contributed by atoms with van der Waals surface area (Å²) in [6, 6.07) is 0. The number of aromatic nitrogens is 3. The molecule has 2 aromatic rings. The molecule has 23 heavy (non-hydrogen) atoms. The molecule has 0 radical (unpaired) electrons. The Hall–Kier alpha value is -1.24. The van der Waals surface area contributed by atoms with E-state index in [4.69, 9.17) is 9.72 Å². The first-order valence-electron chi connectivity index (χ1n) is 8.55. The first kappa shape index (κ1) is 15.3. The molecule has 124 valence electrons. The van der Waals surface area contributed by atoms with E-state index in [1.54, 1.807) is 11.3 Å². The number of fused-ring (bicyclic) bond motifs is 1. The third kappa shape index (κ3) is 3.49. The van der Waals surface area contributed by atoms with Crippen molar-refractivity contribution in [1.82, 2.24) is 19.4 Å². The van der Waals surface area contributed by atoms with Crippen molar-refractivity contribution in [2.24, 2.45) is 5.92 Å². The van der Waals surface area contributed by atoms with Gasteiger partial charge in [0.25, 0.3) is 0 Å². The van der Waals surface area contributed by atoms with Crippen molar-refractivity contribution in [3.8, 4) is 0 Å². The highest BCUT2D eigenvalue weighted by Gasteiger charge is 2.32. The monoisotopic (exact) mass is 332 g/mol. The van der Waals surface area contributed by atoms with Gasteiger partial charge in [-0.25, -0.2) is 9.97 Å². The Kier molecular flexibility index (Phi) is 4.46. The zero-order valence-electron chi connectivity index (χ0n) is 13.6. The number of thiazole rings is 1. The number of hydrogen-bond donors (Lipinski definition) is 0. The minimum absolute atomic E-state index is 0.417. The Morgan fingerprint density at radius 3 is 3.00 bits per heavy atom. The lowest BCUT2D eigenvalue weighted by Crippen LogP contribution is -2.36. The summed E-state index contributed by atoms with van der Waals surface area (Å²) in [6.45, 7) is 7.63. The van der Waals surface area contributed by atoms with Crippen molar-refractivity contribution < 1.29 is 4.74 Å². The van der Waals surface area contributed by atoms with E-state index >= 15 is 0 Å². The number of imidazole rings is 1. The van der Waals surface area contributed by atoms with Gasteiger partial charge in [-0.1, -0.05) is 0 Å². The molecule has 2 aliphatic rings. The number of hydrogen-bond acceptors (Lipinski definition) is 5. The predicted octanol–water partition coefficient (Wildman–Crippen LogP) is 2.89. The topological polar surface area (TPSA) is 43.2 Å². The van der Waals surface area contributed by atoms with E-state index in [1.165, 1.54) is 29.2 Å². The number of ether oxygens (including phenoxy) is 1. The molecule has 2 aromatic heterocycles. The van der Waals surface area contributed by atoms with E-state index in [-0.39, 0.29) is 0 Å². The summed E-state index contributed by atoms with van der Waals surface area (Å²) < 4.78 is 8.18. The average Bonchev–Trinajstić information content (AvgIpc) is 3.05. The molecule has 1 saturated carbocycles. The maximum absolute atomic E-state index is 5.78. The quantitative estimate of drug-likeness (QED) is 0.782. The van der Waals surface area contributed by atoms with Gasteiger partial charge in [-0.05, 0) is 25.7 Å². The van der Waals surface area contributed by atoms with Crippen LogP contribution in [0.1, 0.15) is 42.1 Å². The Balaban J connectivity index is 1.54. The van der Waals surface area contributed by atoms with E-state index in [0.29, 0.717) is 5.92 Å². The maximum atomic E-state index is 5.78. The van der Waals surface area contributed by atoms with Gasteiger partial charge in [0.2, 0.25) is 0 Å². The zero-order chi connectivity index (χ0) is 15.6. The summed E-state index contributed by atoms with van der Waals surface area (Å²) in [4.78, 5) is 11.6. The molecule has 1 fully saturated rings. The normalized spacial score (nSPS) is 21.5. The molecule has 1 atom stereocenters. The highest BCUT2D eigenvalue weighted by atomic mass is 32.1. The summed E-state index contributed by atoms with van der Waals surface area (Å²) in [7, 11) is 0. The lowest BCUT2D eigenvalue weighted by Gasteiger charge is -2.32. The van der Waals surface area contributed by atoms with Crippen molar-refractivity contribution in [1.29, 1.82) is 0 Å². The molecule has 0 spiro atoms. The van der Waals surface area contributed by atoms with Crippen LogP contribution < -0.4 is 0 Å². The highest BCUT2D eigenvalue weighted by Crippen LogP contribution is 2.34. The second-order valence-electron chi connectivity index (χ2n) is 6.62. The largest absolute Gasteiger partial charge is 0.381 e. The van der Waals surface area contributed by atoms with Crippen LogP contribution in [0.3, 0.4) is 0 Å². The van der Waals surface area contributed by atoms with Crippen LogP contribution >= 0.6 is 11.3 Å². The fourth-order valence-corrected chi connectivity index (χ4v) is 4.12. The fourth-order valence-electron chi connectivity index (χ4n) is 3.46.